The molecule has 0 spiro atoms. The first-order chi connectivity index (χ1) is 10.2. The van der Waals surface area contributed by atoms with Crippen molar-refractivity contribution < 1.29 is 52.2 Å². The quantitative estimate of drug-likeness (QED) is 0.168. The predicted molar refractivity (Wildman–Crippen MR) is 81.9 cm³/mol. The van der Waals surface area contributed by atoms with Gasteiger partial charge in [0, 0.05) is 24.6 Å². The van der Waals surface area contributed by atoms with Gasteiger partial charge in [0.1, 0.15) is 0 Å². The van der Waals surface area contributed by atoms with E-state index in [1.165, 1.54) is 12.1 Å². The first-order valence-corrected chi connectivity index (χ1v) is 8.46. The molecule has 0 aliphatic rings. The van der Waals surface area contributed by atoms with Crippen LogP contribution in [0, 0.1) is 16.0 Å². The van der Waals surface area contributed by atoms with Gasteiger partial charge >= 0.3 is 29.6 Å². The van der Waals surface area contributed by atoms with Gasteiger partial charge in [-0.05, 0) is 12.0 Å². The van der Waals surface area contributed by atoms with Gasteiger partial charge in [0.15, 0.2) is 0 Å². The molecule has 8 nitrogen and oxygen atoms in total. The Morgan fingerprint density at radius 1 is 1.35 bits per heavy atom. The van der Waals surface area contributed by atoms with Crippen LogP contribution in [-0.2, 0) is 34.0 Å². The first kappa shape index (κ1) is 22.4. The molecule has 0 saturated heterocycles. The number of carbonyl (C=O) groups is 1. The number of carbonyl (C=O) groups excluding carboxylic acids is 1. The fraction of sp³-hybridized carbons (Fsp3) is 0.417. The Kier molecular flexibility index (Phi) is 9.97. The summed E-state index contributed by atoms with van der Waals surface area (Å²) in [6.45, 7) is -0.205. The Labute approximate surface area is 161 Å². The summed E-state index contributed by atoms with van der Waals surface area (Å²) in [5.41, 5.74) is 0.668. The fourth-order valence-electron chi connectivity index (χ4n) is 1.71. The molecule has 0 saturated carbocycles. The van der Waals surface area contributed by atoms with Crippen molar-refractivity contribution in [1.82, 2.24) is 5.32 Å². The average Bonchev–Trinajstić information content (AvgIpc) is 2.43. The molecular formula is C12H15N2NaO6S2. The summed E-state index contributed by atoms with van der Waals surface area (Å²) in [5, 5.41) is 12.9. The van der Waals surface area contributed by atoms with Crippen LogP contribution in [0.4, 0.5) is 5.69 Å². The van der Waals surface area contributed by atoms with E-state index >= 15 is 0 Å². The van der Waals surface area contributed by atoms with Crippen molar-refractivity contribution in [1.29, 1.82) is 0 Å². The van der Waals surface area contributed by atoms with Gasteiger partial charge in [0.05, 0.1) is 10.7 Å². The molecule has 0 aromatic heterocycles. The summed E-state index contributed by atoms with van der Waals surface area (Å²) in [5.74, 6) is -1.43. The molecule has 1 atom stereocenters. The van der Waals surface area contributed by atoms with E-state index in [0.29, 0.717) is 12.0 Å². The van der Waals surface area contributed by atoms with Crippen molar-refractivity contribution in [3.05, 3.63) is 39.9 Å². The molecule has 0 heterocycles. The SMILES string of the molecule is O=C(NCCS(=O)(=O)O)C(C[S-])Cc1ccc([N+](=O)[O-])cc1.[Na+]. The van der Waals surface area contributed by atoms with Crippen LogP contribution in [0.25, 0.3) is 0 Å². The summed E-state index contributed by atoms with van der Waals surface area (Å²) in [4.78, 5) is 21.9. The zero-order valence-corrected chi connectivity index (χ0v) is 16.1. The van der Waals surface area contributed by atoms with Gasteiger partial charge in [-0.2, -0.15) is 14.2 Å². The number of non-ortho nitro benzene ring substituents is 1. The normalized spacial score (nSPS) is 12.1. The van der Waals surface area contributed by atoms with Gasteiger partial charge in [-0.25, -0.2) is 0 Å². The Morgan fingerprint density at radius 3 is 2.35 bits per heavy atom. The number of benzene rings is 1. The number of nitrogens with one attached hydrogen (secondary N) is 1. The van der Waals surface area contributed by atoms with Crippen LogP contribution < -0.4 is 34.9 Å². The molecule has 1 amide bonds. The van der Waals surface area contributed by atoms with Crippen molar-refractivity contribution in [2.45, 2.75) is 6.42 Å². The van der Waals surface area contributed by atoms with E-state index in [2.05, 4.69) is 5.32 Å². The summed E-state index contributed by atoms with van der Waals surface area (Å²) in [6.07, 6.45) is 0.291. The van der Waals surface area contributed by atoms with Crippen molar-refractivity contribution in [3.63, 3.8) is 0 Å². The van der Waals surface area contributed by atoms with Crippen LogP contribution in [0.1, 0.15) is 5.56 Å². The maximum absolute atomic E-state index is 11.9. The number of nitro groups is 1. The Bertz CT molecular complexity index is 635. The smallest absolute Gasteiger partial charge is 0.792 e. The van der Waals surface area contributed by atoms with Crippen LogP contribution >= 0.6 is 0 Å². The molecule has 2 N–H and O–H groups in total. The second kappa shape index (κ2) is 10.3. The molecule has 0 fully saturated rings. The summed E-state index contributed by atoms with van der Waals surface area (Å²) < 4.78 is 29.7. The van der Waals surface area contributed by atoms with Gasteiger partial charge in [0.25, 0.3) is 15.8 Å². The molecule has 0 bridgehead atoms. The number of nitro benzene ring substituents is 1. The fourth-order valence-corrected chi connectivity index (χ4v) is 2.34. The molecule has 0 aliphatic carbocycles. The monoisotopic (exact) mass is 370 g/mol. The molecule has 0 aliphatic heterocycles. The number of hydrogen-bond acceptors (Lipinski definition) is 6. The van der Waals surface area contributed by atoms with Gasteiger partial charge < -0.3 is 17.9 Å². The third-order valence-corrected chi connectivity index (χ3v) is 3.98. The van der Waals surface area contributed by atoms with E-state index in [1.54, 1.807) is 12.1 Å². The van der Waals surface area contributed by atoms with Gasteiger partial charge in [-0.3, -0.25) is 19.5 Å². The van der Waals surface area contributed by atoms with E-state index in [0.717, 1.165) is 0 Å². The summed E-state index contributed by atoms with van der Waals surface area (Å²) in [7, 11) is -4.13. The first-order valence-electron chi connectivity index (χ1n) is 6.27. The second-order valence-corrected chi connectivity index (χ2v) is 6.47. The minimum atomic E-state index is -4.13. The summed E-state index contributed by atoms with van der Waals surface area (Å²) in [6, 6.07) is 5.77. The number of nitrogens with zero attached hydrogens (tertiary/aromatic N) is 1. The van der Waals surface area contributed by atoms with Gasteiger partial charge in [-0.15, -0.1) is 0 Å². The largest absolute Gasteiger partial charge is 1.00 e. The van der Waals surface area contributed by atoms with E-state index in [-0.39, 0.29) is 47.5 Å². The number of amides is 1. The second-order valence-electron chi connectivity index (χ2n) is 4.57. The molecule has 1 aromatic rings. The molecule has 122 valence electrons. The molecule has 1 aromatic carbocycles. The van der Waals surface area contributed by atoms with Gasteiger partial charge in [0.2, 0.25) is 5.91 Å². The summed E-state index contributed by atoms with van der Waals surface area (Å²) >= 11 is 4.90. The molecule has 11 heteroatoms. The zero-order chi connectivity index (χ0) is 16.8. The Hall–Kier alpha value is -0.650. The maximum atomic E-state index is 11.9. The molecule has 1 rings (SSSR count). The number of rotatable bonds is 8. The molecule has 0 radical (unpaired) electrons. The average molecular weight is 370 g/mol. The van der Waals surface area contributed by atoms with Crippen LogP contribution in [0.15, 0.2) is 24.3 Å². The van der Waals surface area contributed by atoms with Crippen LogP contribution in [0.2, 0.25) is 0 Å². The van der Waals surface area contributed by atoms with Crippen LogP contribution in [0.5, 0.6) is 0 Å². The Balaban J connectivity index is 0.00000484. The minimum Gasteiger partial charge on any atom is -0.792 e. The van der Waals surface area contributed by atoms with Gasteiger partial charge in [-0.1, -0.05) is 12.1 Å². The standard InChI is InChI=1S/C12H16N2O6S2.Na/c15-12(13-5-6-22(18,19)20)10(8-21)7-9-1-3-11(4-2-9)14(16)17;/h1-4,10,21H,5-8H2,(H,13,15)(H,18,19,20);/q;+1/p-1. The van der Waals surface area contributed by atoms with Crippen molar-refractivity contribution in [2.24, 2.45) is 5.92 Å². The zero-order valence-electron chi connectivity index (χ0n) is 12.5. The van der Waals surface area contributed by atoms with E-state index < -0.39 is 32.6 Å². The van der Waals surface area contributed by atoms with Crippen LogP contribution in [0.3, 0.4) is 0 Å². The third-order valence-electron chi connectivity index (χ3n) is 2.86. The maximum Gasteiger partial charge on any atom is 1.00 e. The topological polar surface area (TPSA) is 127 Å². The van der Waals surface area contributed by atoms with Crippen molar-refractivity contribution in [3.8, 4) is 0 Å². The molecular weight excluding hydrogens is 355 g/mol. The predicted octanol–water partition coefficient (Wildman–Crippen LogP) is -2.69. The minimum absolute atomic E-state index is 0. The van der Waals surface area contributed by atoms with E-state index in [9.17, 15) is 23.3 Å². The van der Waals surface area contributed by atoms with Crippen LogP contribution in [-0.4, -0.2) is 41.9 Å². The van der Waals surface area contributed by atoms with E-state index in [4.69, 9.17) is 17.2 Å². The molecule has 23 heavy (non-hydrogen) atoms. The van der Waals surface area contributed by atoms with Crippen molar-refractivity contribution in [2.75, 3.05) is 18.1 Å². The molecule has 1 unspecified atom stereocenters. The Morgan fingerprint density at radius 2 is 1.91 bits per heavy atom. The third kappa shape index (κ3) is 8.68. The van der Waals surface area contributed by atoms with Crippen molar-refractivity contribution >= 4 is 34.3 Å². The number of hydrogen-bond donors (Lipinski definition) is 2. The van der Waals surface area contributed by atoms with E-state index in [1.807, 2.05) is 0 Å².